The Hall–Kier alpha value is -3.33. The Morgan fingerprint density at radius 2 is 1.79 bits per heavy atom. The van der Waals surface area contributed by atoms with Crippen molar-refractivity contribution in [3.8, 4) is 11.4 Å². The van der Waals surface area contributed by atoms with Gasteiger partial charge in [0.15, 0.2) is 5.82 Å². The Bertz CT molecular complexity index is 1400. The second-order valence-corrected chi connectivity index (χ2v) is 13.4. The lowest BCUT2D eigenvalue weighted by atomic mass is 9.51. The largest absolute Gasteiger partial charge is 0.496 e. The van der Waals surface area contributed by atoms with Crippen molar-refractivity contribution in [2.24, 2.45) is 11.3 Å². The number of ether oxygens (including phenoxy) is 1. The van der Waals surface area contributed by atoms with Crippen molar-refractivity contribution in [2.75, 3.05) is 18.6 Å². The maximum atomic E-state index is 14.2. The Balaban J connectivity index is 1.27. The number of aromatic nitrogens is 5. The van der Waals surface area contributed by atoms with E-state index in [-0.39, 0.29) is 34.7 Å². The van der Waals surface area contributed by atoms with Crippen LogP contribution in [-0.2, 0) is 10.2 Å². The lowest BCUT2D eigenvalue weighted by molar-refractivity contribution is -0.124. The number of tetrazole rings is 1. The zero-order valence-corrected chi connectivity index (χ0v) is 25.4. The number of anilines is 1. The quantitative estimate of drug-likeness (QED) is 0.370. The molecule has 4 aliphatic rings. The summed E-state index contributed by atoms with van der Waals surface area (Å²) in [4.78, 5) is 22.4. The average Bonchev–Trinajstić information content (AvgIpc) is 3.52. The summed E-state index contributed by atoms with van der Waals surface area (Å²) in [6, 6.07) is 10.5. The van der Waals surface area contributed by atoms with Gasteiger partial charge in [-0.2, -0.15) is 0 Å². The SMILES string of the molecule is COc1ccc(C23CCC(CN(C(=O)C4CCC(O)CC4)c4cc(-n5nnc(C(C)C)n5)ccn4)(CC2)CC3)cc1C. The molecular formula is C33H44N6O3. The van der Waals surface area contributed by atoms with E-state index >= 15 is 0 Å². The fourth-order valence-corrected chi connectivity index (χ4v) is 7.54. The number of fused-ring (bicyclic) bond motifs is 3. The molecule has 4 fully saturated rings. The summed E-state index contributed by atoms with van der Waals surface area (Å²) in [5.41, 5.74) is 3.64. The van der Waals surface area contributed by atoms with Crippen LogP contribution in [0.3, 0.4) is 0 Å². The maximum Gasteiger partial charge on any atom is 0.231 e. The van der Waals surface area contributed by atoms with Crippen LogP contribution in [-0.4, -0.2) is 56.0 Å². The molecule has 42 heavy (non-hydrogen) atoms. The number of aliphatic hydroxyl groups is 1. The van der Waals surface area contributed by atoms with Gasteiger partial charge in [-0.15, -0.1) is 15.0 Å². The summed E-state index contributed by atoms with van der Waals surface area (Å²) in [7, 11) is 1.73. The zero-order valence-electron chi connectivity index (χ0n) is 25.4. The van der Waals surface area contributed by atoms with Gasteiger partial charge in [0.2, 0.25) is 5.91 Å². The molecule has 1 aromatic carbocycles. The third-order valence-electron chi connectivity index (χ3n) is 10.4. The molecule has 9 nitrogen and oxygen atoms in total. The number of aryl methyl sites for hydroxylation is 1. The highest BCUT2D eigenvalue weighted by Crippen LogP contribution is 2.58. The van der Waals surface area contributed by atoms with E-state index in [0.717, 1.165) is 50.0 Å². The number of nitrogens with zero attached hydrogens (tertiary/aromatic N) is 6. The van der Waals surface area contributed by atoms with Crippen LogP contribution in [0.5, 0.6) is 5.75 Å². The first-order valence-electron chi connectivity index (χ1n) is 15.6. The van der Waals surface area contributed by atoms with Crippen molar-refractivity contribution in [1.29, 1.82) is 0 Å². The number of benzene rings is 1. The van der Waals surface area contributed by atoms with Gasteiger partial charge >= 0.3 is 0 Å². The fraction of sp³-hybridized carbons (Fsp3) is 0.606. The number of amides is 1. The van der Waals surface area contributed by atoms with Crippen LogP contribution in [0, 0.1) is 18.3 Å². The molecule has 0 radical (unpaired) electrons. The molecule has 0 spiro atoms. The molecule has 3 aromatic rings. The van der Waals surface area contributed by atoms with E-state index in [4.69, 9.17) is 9.72 Å². The summed E-state index contributed by atoms with van der Waals surface area (Å²) in [5.74, 6) is 2.47. The lowest BCUT2D eigenvalue weighted by Crippen LogP contribution is -2.52. The van der Waals surface area contributed by atoms with E-state index in [9.17, 15) is 9.90 Å². The summed E-state index contributed by atoms with van der Waals surface area (Å²) < 4.78 is 5.52. The Labute approximate surface area is 248 Å². The number of hydrogen-bond acceptors (Lipinski definition) is 7. The number of methoxy groups -OCH3 is 1. The van der Waals surface area contributed by atoms with E-state index < -0.39 is 0 Å². The highest BCUT2D eigenvalue weighted by molar-refractivity contribution is 5.94. The minimum Gasteiger partial charge on any atom is -0.496 e. The van der Waals surface area contributed by atoms with Crippen molar-refractivity contribution < 1.29 is 14.6 Å². The first-order valence-corrected chi connectivity index (χ1v) is 15.6. The van der Waals surface area contributed by atoms with Gasteiger partial charge in [-0.05, 0) is 110 Å². The molecule has 4 saturated carbocycles. The van der Waals surface area contributed by atoms with Crippen molar-refractivity contribution in [3.05, 3.63) is 53.5 Å². The van der Waals surface area contributed by atoms with Gasteiger partial charge in [0.1, 0.15) is 11.6 Å². The molecule has 7 rings (SSSR count). The Kier molecular flexibility index (Phi) is 7.81. The van der Waals surface area contributed by atoms with Crippen molar-refractivity contribution >= 4 is 11.7 Å². The molecule has 1 amide bonds. The predicted molar refractivity (Wildman–Crippen MR) is 161 cm³/mol. The monoisotopic (exact) mass is 572 g/mol. The summed E-state index contributed by atoms with van der Waals surface area (Å²) >= 11 is 0. The molecule has 1 N–H and O–H groups in total. The molecular weight excluding hydrogens is 528 g/mol. The van der Waals surface area contributed by atoms with E-state index in [0.29, 0.717) is 43.9 Å². The smallest absolute Gasteiger partial charge is 0.231 e. The molecule has 4 aliphatic carbocycles. The van der Waals surface area contributed by atoms with Crippen molar-refractivity contribution in [1.82, 2.24) is 25.2 Å². The first-order chi connectivity index (χ1) is 20.2. The third kappa shape index (κ3) is 5.43. The molecule has 2 heterocycles. The number of pyridine rings is 1. The van der Waals surface area contributed by atoms with E-state index in [1.165, 1.54) is 15.9 Å². The Morgan fingerprint density at radius 3 is 2.40 bits per heavy atom. The number of aliphatic hydroxyl groups excluding tert-OH is 1. The van der Waals surface area contributed by atoms with Crippen LogP contribution >= 0.6 is 0 Å². The molecule has 224 valence electrons. The molecule has 0 aliphatic heterocycles. The molecule has 0 atom stereocenters. The minimum atomic E-state index is -0.303. The van der Waals surface area contributed by atoms with E-state index in [1.807, 2.05) is 30.9 Å². The maximum absolute atomic E-state index is 14.2. The standard InChI is InChI=1S/C33H44N6O3/c1-22(2)30-35-37-39(36-30)26-11-18-34-29(20-26)38(31(41)24-5-8-27(40)9-6-24)21-32-12-15-33(16-13-32,17-14-32)25-7-10-28(42-4)23(3)19-25/h7,10-11,18-20,22,24,27,40H,5-6,8-9,12-17,21H2,1-4H3. The molecule has 9 heteroatoms. The second kappa shape index (κ2) is 11.4. The number of hydrogen-bond donors (Lipinski definition) is 1. The van der Waals surface area contributed by atoms with E-state index in [2.05, 4.69) is 40.5 Å². The van der Waals surface area contributed by atoms with Crippen LogP contribution in [0.25, 0.3) is 5.69 Å². The topological polar surface area (TPSA) is 106 Å². The lowest BCUT2D eigenvalue weighted by Gasteiger charge is -2.55. The van der Waals surface area contributed by atoms with Crippen molar-refractivity contribution in [3.63, 3.8) is 0 Å². The second-order valence-electron chi connectivity index (χ2n) is 13.4. The normalized spacial score (nSPS) is 27.3. The number of carbonyl (C=O) groups is 1. The molecule has 0 saturated heterocycles. The first kappa shape index (κ1) is 28.8. The summed E-state index contributed by atoms with van der Waals surface area (Å²) in [6.07, 6.45) is 10.9. The van der Waals surface area contributed by atoms with Crippen LogP contribution in [0.4, 0.5) is 5.82 Å². The van der Waals surface area contributed by atoms with E-state index in [1.54, 1.807) is 13.3 Å². The average molecular weight is 573 g/mol. The summed E-state index contributed by atoms with van der Waals surface area (Å²) in [5, 5.41) is 23.1. The fourth-order valence-electron chi connectivity index (χ4n) is 7.54. The van der Waals surface area contributed by atoms with Crippen LogP contribution < -0.4 is 9.64 Å². The number of rotatable bonds is 8. The van der Waals surface area contributed by atoms with Crippen LogP contribution in [0.1, 0.15) is 101 Å². The van der Waals surface area contributed by atoms with Gasteiger partial charge in [0.05, 0.1) is 18.9 Å². The van der Waals surface area contributed by atoms with Crippen LogP contribution in [0.15, 0.2) is 36.5 Å². The van der Waals surface area contributed by atoms with Gasteiger partial charge in [0, 0.05) is 30.6 Å². The molecule has 2 bridgehead atoms. The van der Waals surface area contributed by atoms with Gasteiger partial charge < -0.3 is 9.84 Å². The highest BCUT2D eigenvalue weighted by atomic mass is 16.5. The van der Waals surface area contributed by atoms with Gasteiger partial charge in [-0.1, -0.05) is 26.0 Å². The predicted octanol–water partition coefficient (Wildman–Crippen LogP) is 5.67. The van der Waals surface area contributed by atoms with Gasteiger partial charge in [0.25, 0.3) is 0 Å². The Morgan fingerprint density at radius 1 is 1.07 bits per heavy atom. The third-order valence-corrected chi connectivity index (χ3v) is 10.4. The van der Waals surface area contributed by atoms with Gasteiger partial charge in [-0.25, -0.2) is 4.98 Å². The number of carbonyl (C=O) groups excluding carboxylic acids is 1. The minimum absolute atomic E-state index is 0.0705. The molecule has 0 unspecified atom stereocenters. The summed E-state index contributed by atoms with van der Waals surface area (Å²) in [6.45, 7) is 6.88. The van der Waals surface area contributed by atoms with Gasteiger partial charge in [-0.3, -0.25) is 9.69 Å². The zero-order chi connectivity index (χ0) is 29.5. The van der Waals surface area contributed by atoms with Crippen molar-refractivity contribution in [2.45, 2.75) is 102 Å². The van der Waals surface area contributed by atoms with Crippen LogP contribution in [0.2, 0.25) is 0 Å². The molecule has 2 aromatic heterocycles. The highest BCUT2D eigenvalue weighted by Gasteiger charge is 2.50.